The van der Waals surface area contributed by atoms with Crippen LogP contribution in [0.25, 0.3) is 0 Å². The molecule has 0 aliphatic carbocycles. The summed E-state index contributed by atoms with van der Waals surface area (Å²) in [6, 6.07) is 0. The minimum atomic E-state index is -0.158. The van der Waals surface area contributed by atoms with Gasteiger partial charge in [-0.05, 0) is 39.9 Å². The van der Waals surface area contributed by atoms with Crippen LogP contribution in [0.5, 0.6) is 0 Å². The molecule has 1 atom stereocenters. The molecule has 0 spiro atoms. The fourth-order valence-corrected chi connectivity index (χ4v) is 2.25. The summed E-state index contributed by atoms with van der Waals surface area (Å²) in [6.45, 7) is 3.15. The SMILES string of the molecule is CN(C)CCCNc1ncc(C(=O)NCC2CCCO2)cn1. The molecule has 1 fully saturated rings. The maximum absolute atomic E-state index is 12.0. The van der Waals surface area contributed by atoms with Gasteiger partial charge in [-0.25, -0.2) is 9.97 Å². The molecule has 0 aromatic carbocycles. The fraction of sp³-hybridized carbons (Fsp3) is 0.667. The number of carbonyl (C=O) groups is 1. The zero-order valence-corrected chi connectivity index (χ0v) is 13.3. The molecule has 1 aromatic heterocycles. The molecule has 1 aliphatic rings. The lowest BCUT2D eigenvalue weighted by Gasteiger charge is -2.11. The first-order chi connectivity index (χ1) is 10.6. The van der Waals surface area contributed by atoms with E-state index in [-0.39, 0.29) is 12.0 Å². The quantitative estimate of drug-likeness (QED) is 0.690. The number of hydrogen-bond donors (Lipinski definition) is 2. The summed E-state index contributed by atoms with van der Waals surface area (Å²) in [5, 5.41) is 6.00. The molecule has 122 valence electrons. The van der Waals surface area contributed by atoms with Gasteiger partial charge in [0.15, 0.2) is 0 Å². The largest absolute Gasteiger partial charge is 0.376 e. The maximum Gasteiger partial charge on any atom is 0.254 e. The minimum absolute atomic E-state index is 0.141. The first-order valence-corrected chi connectivity index (χ1v) is 7.75. The third kappa shape index (κ3) is 5.57. The third-order valence-electron chi connectivity index (χ3n) is 3.49. The van der Waals surface area contributed by atoms with E-state index >= 15 is 0 Å². The molecule has 1 aliphatic heterocycles. The van der Waals surface area contributed by atoms with Gasteiger partial charge in [-0.15, -0.1) is 0 Å². The van der Waals surface area contributed by atoms with Gasteiger partial charge in [-0.3, -0.25) is 4.79 Å². The normalized spacial score (nSPS) is 17.7. The van der Waals surface area contributed by atoms with Gasteiger partial charge in [-0.1, -0.05) is 0 Å². The van der Waals surface area contributed by atoms with Crippen molar-refractivity contribution >= 4 is 11.9 Å². The van der Waals surface area contributed by atoms with Crippen molar-refractivity contribution in [1.82, 2.24) is 20.2 Å². The molecule has 2 rings (SSSR count). The van der Waals surface area contributed by atoms with E-state index in [4.69, 9.17) is 4.74 Å². The zero-order valence-electron chi connectivity index (χ0n) is 13.3. The first kappa shape index (κ1) is 16.6. The van der Waals surface area contributed by atoms with Crippen LogP contribution in [0, 0.1) is 0 Å². The molecule has 1 unspecified atom stereocenters. The number of carbonyl (C=O) groups excluding carboxylic acids is 1. The number of nitrogens with zero attached hydrogens (tertiary/aromatic N) is 3. The topological polar surface area (TPSA) is 79.4 Å². The highest BCUT2D eigenvalue weighted by molar-refractivity contribution is 5.93. The predicted molar refractivity (Wildman–Crippen MR) is 85.0 cm³/mol. The summed E-state index contributed by atoms with van der Waals surface area (Å²) < 4.78 is 5.47. The molecule has 1 aromatic rings. The van der Waals surface area contributed by atoms with E-state index in [1.807, 2.05) is 14.1 Å². The summed E-state index contributed by atoms with van der Waals surface area (Å²) in [4.78, 5) is 22.4. The molecule has 0 saturated carbocycles. The minimum Gasteiger partial charge on any atom is -0.376 e. The molecular weight excluding hydrogens is 282 g/mol. The van der Waals surface area contributed by atoms with Gasteiger partial charge in [0.1, 0.15) is 0 Å². The molecule has 0 radical (unpaired) electrons. The smallest absolute Gasteiger partial charge is 0.254 e. The monoisotopic (exact) mass is 307 g/mol. The summed E-state index contributed by atoms with van der Waals surface area (Å²) in [5.74, 6) is 0.393. The van der Waals surface area contributed by atoms with Crippen molar-refractivity contribution in [2.24, 2.45) is 0 Å². The number of anilines is 1. The van der Waals surface area contributed by atoms with Crippen LogP contribution in [0.2, 0.25) is 0 Å². The van der Waals surface area contributed by atoms with Crippen LogP contribution < -0.4 is 10.6 Å². The van der Waals surface area contributed by atoms with Crippen LogP contribution in [0.4, 0.5) is 5.95 Å². The zero-order chi connectivity index (χ0) is 15.8. The number of ether oxygens (including phenoxy) is 1. The number of aromatic nitrogens is 2. The number of rotatable bonds is 8. The maximum atomic E-state index is 12.0. The molecule has 1 saturated heterocycles. The van der Waals surface area contributed by atoms with E-state index in [2.05, 4.69) is 25.5 Å². The highest BCUT2D eigenvalue weighted by Crippen LogP contribution is 2.10. The average Bonchev–Trinajstić information content (AvgIpc) is 3.03. The molecule has 0 bridgehead atoms. The van der Waals surface area contributed by atoms with Crippen LogP contribution in [0.1, 0.15) is 29.6 Å². The van der Waals surface area contributed by atoms with Crippen molar-refractivity contribution in [3.05, 3.63) is 18.0 Å². The number of hydrogen-bond acceptors (Lipinski definition) is 6. The lowest BCUT2D eigenvalue weighted by Crippen LogP contribution is -2.31. The Morgan fingerprint density at radius 2 is 2.18 bits per heavy atom. The molecule has 1 amide bonds. The fourth-order valence-electron chi connectivity index (χ4n) is 2.25. The molecule has 7 heteroatoms. The van der Waals surface area contributed by atoms with Crippen molar-refractivity contribution in [3.63, 3.8) is 0 Å². The Labute approximate surface area is 131 Å². The van der Waals surface area contributed by atoms with Crippen LogP contribution in [0.3, 0.4) is 0 Å². The molecule has 2 N–H and O–H groups in total. The molecule has 7 nitrogen and oxygen atoms in total. The summed E-state index contributed by atoms with van der Waals surface area (Å²) >= 11 is 0. The second kappa shape index (κ2) is 8.65. The van der Waals surface area contributed by atoms with Crippen molar-refractivity contribution in [2.45, 2.75) is 25.4 Å². The third-order valence-corrected chi connectivity index (χ3v) is 3.49. The van der Waals surface area contributed by atoms with Gasteiger partial charge >= 0.3 is 0 Å². The van der Waals surface area contributed by atoms with E-state index in [9.17, 15) is 4.79 Å². The summed E-state index contributed by atoms with van der Waals surface area (Å²) in [5.41, 5.74) is 0.469. The highest BCUT2D eigenvalue weighted by Gasteiger charge is 2.16. The van der Waals surface area contributed by atoms with Gasteiger partial charge in [-0.2, -0.15) is 0 Å². The molecular formula is C15H25N5O2. The van der Waals surface area contributed by atoms with Crippen molar-refractivity contribution in [2.75, 3.05) is 45.7 Å². The lowest BCUT2D eigenvalue weighted by atomic mass is 10.2. The van der Waals surface area contributed by atoms with Gasteiger partial charge in [0.25, 0.3) is 5.91 Å². The van der Waals surface area contributed by atoms with Gasteiger partial charge < -0.3 is 20.3 Å². The van der Waals surface area contributed by atoms with E-state index in [0.29, 0.717) is 18.1 Å². The van der Waals surface area contributed by atoms with Crippen LogP contribution in [0.15, 0.2) is 12.4 Å². The highest BCUT2D eigenvalue weighted by atomic mass is 16.5. The van der Waals surface area contributed by atoms with Gasteiger partial charge in [0.2, 0.25) is 5.95 Å². The Balaban J connectivity index is 1.71. The Bertz CT molecular complexity index is 458. The van der Waals surface area contributed by atoms with Gasteiger partial charge in [0.05, 0.1) is 11.7 Å². The Kier molecular flexibility index (Phi) is 6.54. The van der Waals surface area contributed by atoms with E-state index in [1.54, 1.807) is 12.4 Å². The van der Waals surface area contributed by atoms with Crippen LogP contribution >= 0.6 is 0 Å². The lowest BCUT2D eigenvalue weighted by molar-refractivity contribution is 0.0857. The Morgan fingerprint density at radius 1 is 1.41 bits per heavy atom. The summed E-state index contributed by atoms with van der Waals surface area (Å²) in [7, 11) is 4.08. The Hall–Kier alpha value is -1.73. The van der Waals surface area contributed by atoms with Crippen molar-refractivity contribution in [3.8, 4) is 0 Å². The molecule has 2 heterocycles. The summed E-state index contributed by atoms with van der Waals surface area (Å²) in [6.07, 6.45) is 6.32. The van der Waals surface area contributed by atoms with Gasteiger partial charge in [0, 0.05) is 32.1 Å². The van der Waals surface area contributed by atoms with E-state index in [0.717, 1.165) is 39.0 Å². The van der Waals surface area contributed by atoms with E-state index < -0.39 is 0 Å². The standard InChI is InChI=1S/C15H25N5O2/c1-20(2)7-4-6-16-15-18-9-12(10-19-15)14(21)17-11-13-5-3-8-22-13/h9-10,13H,3-8,11H2,1-2H3,(H,17,21)(H,16,18,19). The molecule has 22 heavy (non-hydrogen) atoms. The van der Waals surface area contributed by atoms with Crippen molar-refractivity contribution < 1.29 is 9.53 Å². The second-order valence-electron chi connectivity index (χ2n) is 5.72. The first-order valence-electron chi connectivity index (χ1n) is 7.75. The number of nitrogens with one attached hydrogen (secondary N) is 2. The van der Waals surface area contributed by atoms with E-state index in [1.165, 1.54) is 0 Å². The van der Waals surface area contributed by atoms with Crippen LogP contribution in [-0.4, -0.2) is 67.2 Å². The number of amides is 1. The average molecular weight is 307 g/mol. The second-order valence-corrected chi connectivity index (χ2v) is 5.72. The predicted octanol–water partition coefficient (Wildman–Crippen LogP) is 0.749. The Morgan fingerprint density at radius 3 is 2.82 bits per heavy atom. The van der Waals surface area contributed by atoms with Crippen molar-refractivity contribution in [1.29, 1.82) is 0 Å². The van der Waals surface area contributed by atoms with Crippen LogP contribution in [-0.2, 0) is 4.74 Å².